The molecule has 0 atom stereocenters. The number of nitrogens with zero attached hydrogens (tertiary/aromatic N) is 2. The molecule has 4 N–H and O–H groups in total. The summed E-state index contributed by atoms with van der Waals surface area (Å²) in [6, 6.07) is 0. The maximum absolute atomic E-state index is 5.43. The Hall–Kier alpha value is -1.36. The first kappa shape index (κ1) is 6.76. The number of anilines is 2. The van der Waals surface area contributed by atoms with Gasteiger partial charge in [0.25, 0.3) is 0 Å². The Labute approximate surface area is 58.6 Å². The molecule has 0 aliphatic heterocycles. The van der Waals surface area contributed by atoms with E-state index < -0.39 is 0 Å². The molecule has 0 bridgehead atoms. The fourth-order valence-corrected chi connectivity index (χ4v) is 0.563. The van der Waals surface area contributed by atoms with Crippen LogP contribution in [0.3, 0.4) is 0 Å². The second-order valence-electron chi connectivity index (χ2n) is 1.67. The molecule has 10 heavy (non-hydrogen) atoms. The maximum atomic E-state index is 5.43. The summed E-state index contributed by atoms with van der Waals surface area (Å²) in [6.07, 6.45) is 3.10. The molecule has 0 fully saturated rings. The normalized spacial score (nSPS) is 9.30. The first-order chi connectivity index (χ1) is 4.84. The highest BCUT2D eigenvalue weighted by Crippen LogP contribution is 2.06. The Balaban J connectivity index is 2.81. The van der Waals surface area contributed by atoms with E-state index in [4.69, 9.17) is 5.73 Å². The van der Waals surface area contributed by atoms with Crippen LogP contribution in [0.4, 0.5) is 11.6 Å². The third kappa shape index (κ3) is 1.32. The second kappa shape index (κ2) is 2.98. The number of nitrogens with two attached hydrogens (primary N) is 1. The minimum atomic E-state index is 0.386. The van der Waals surface area contributed by atoms with Crippen molar-refractivity contribution in [3.05, 3.63) is 12.4 Å². The molecule has 5 heteroatoms. The second-order valence-corrected chi connectivity index (χ2v) is 1.67. The van der Waals surface area contributed by atoms with Crippen LogP contribution in [0.2, 0.25) is 0 Å². The van der Waals surface area contributed by atoms with Crippen molar-refractivity contribution in [2.24, 2.45) is 0 Å². The molecule has 1 aromatic heterocycles. The highest BCUT2D eigenvalue weighted by Gasteiger charge is 1.95. The molecule has 5 nitrogen and oxygen atoms in total. The van der Waals surface area contributed by atoms with Crippen molar-refractivity contribution in [3.63, 3.8) is 0 Å². The van der Waals surface area contributed by atoms with Crippen LogP contribution in [0.25, 0.3) is 0 Å². The van der Waals surface area contributed by atoms with E-state index in [9.17, 15) is 0 Å². The summed E-state index contributed by atoms with van der Waals surface area (Å²) in [5.74, 6) is 0.932. The summed E-state index contributed by atoms with van der Waals surface area (Å²) in [4.78, 5) is 7.72. The van der Waals surface area contributed by atoms with E-state index in [-0.39, 0.29) is 0 Å². The predicted molar refractivity (Wildman–Crippen MR) is 39.1 cm³/mol. The molecule has 0 saturated carbocycles. The van der Waals surface area contributed by atoms with Crippen LogP contribution in [-0.4, -0.2) is 17.0 Å². The molecule has 0 saturated heterocycles. The topological polar surface area (TPSA) is 75.9 Å². The lowest BCUT2D eigenvalue weighted by molar-refractivity contribution is 0.960. The Morgan fingerprint density at radius 2 is 2.10 bits per heavy atom. The molecule has 1 rings (SSSR count). The van der Waals surface area contributed by atoms with Crippen molar-refractivity contribution < 1.29 is 0 Å². The molecule has 0 radical (unpaired) electrons. The summed E-state index contributed by atoms with van der Waals surface area (Å²) in [6.45, 7) is 0. The first-order valence-corrected chi connectivity index (χ1v) is 2.84. The maximum Gasteiger partial charge on any atom is 0.183 e. The number of nitrogen functional groups attached to an aromatic ring is 1. The molecule has 0 aromatic carbocycles. The van der Waals surface area contributed by atoms with Gasteiger partial charge in [0.05, 0.1) is 0 Å². The van der Waals surface area contributed by atoms with E-state index >= 15 is 0 Å². The van der Waals surface area contributed by atoms with Gasteiger partial charge < -0.3 is 11.2 Å². The Bertz CT molecular complexity index is 211. The predicted octanol–water partition coefficient (Wildman–Crippen LogP) is -0.395. The summed E-state index contributed by atoms with van der Waals surface area (Å²) in [7, 11) is 1.73. The van der Waals surface area contributed by atoms with E-state index in [1.165, 1.54) is 6.20 Å². The number of hydrazine groups is 1. The number of hydrogen-bond donors (Lipinski definition) is 3. The van der Waals surface area contributed by atoms with Crippen molar-refractivity contribution in [2.45, 2.75) is 0 Å². The molecule has 0 unspecified atom stereocenters. The molecular weight excluding hydrogens is 130 g/mol. The van der Waals surface area contributed by atoms with Crippen molar-refractivity contribution in [1.29, 1.82) is 0 Å². The lowest BCUT2D eigenvalue weighted by Gasteiger charge is -2.02. The quantitative estimate of drug-likeness (QED) is 0.486. The van der Waals surface area contributed by atoms with Gasteiger partial charge in [-0.25, -0.2) is 15.4 Å². The Morgan fingerprint density at radius 1 is 1.40 bits per heavy atom. The Morgan fingerprint density at radius 3 is 2.70 bits per heavy atom. The number of rotatable bonds is 2. The fourth-order valence-electron chi connectivity index (χ4n) is 0.563. The number of aromatic nitrogens is 2. The molecule has 0 spiro atoms. The summed E-state index contributed by atoms with van der Waals surface area (Å²) in [5, 5.41) is 0. The lowest BCUT2D eigenvalue weighted by Crippen LogP contribution is -2.17. The zero-order valence-corrected chi connectivity index (χ0v) is 5.63. The third-order valence-electron chi connectivity index (χ3n) is 0.970. The molecule has 1 aromatic rings. The van der Waals surface area contributed by atoms with Crippen LogP contribution in [0.5, 0.6) is 0 Å². The van der Waals surface area contributed by atoms with Crippen LogP contribution >= 0.6 is 0 Å². The van der Waals surface area contributed by atoms with Gasteiger partial charge in [-0.2, -0.15) is 0 Å². The molecule has 0 aliphatic rings. The average Bonchev–Trinajstić information content (AvgIpc) is 1.94. The van der Waals surface area contributed by atoms with E-state index in [0.717, 1.165) is 0 Å². The molecule has 1 heterocycles. The van der Waals surface area contributed by atoms with Crippen LogP contribution in [0, 0.1) is 0 Å². The van der Waals surface area contributed by atoms with Crippen molar-refractivity contribution >= 4 is 11.6 Å². The van der Waals surface area contributed by atoms with E-state index in [2.05, 4.69) is 20.8 Å². The third-order valence-corrected chi connectivity index (χ3v) is 0.970. The molecule has 54 valence electrons. The van der Waals surface area contributed by atoms with Crippen LogP contribution in [0.1, 0.15) is 0 Å². The van der Waals surface area contributed by atoms with Gasteiger partial charge in [0.2, 0.25) is 0 Å². The van der Waals surface area contributed by atoms with Crippen molar-refractivity contribution in [1.82, 2.24) is 15.4 Å². The molecule has 0 aliphatic carbocycles. The lowest BCUT2D eigenvalue weighted by atomic mass is 10.6. The van der Waals surface area contributed by atoms with Gasteiger partial charge in [0.1, 0.15) is 0 Å². The van der Waals surface area contributed by atoms with Crippen molar-refractivity contribution in [2.75, 3.05) is 18.2 Å². The van der Waals surface area contributed by atoms with E-state index in [1.807, 2.05) is 0 Å². The van der Waals surface area contributed by atoms with Gasteiger partial charge >= 0.3 is 0 Å². The standard InChI is InChI=1S/C5H9N5/c1-7-10-5-4(6)8-2-3-9-5/h2-3,7H,1H3,(H2,6,8)(H,9,10). The minimum absolute atomic E-state index is 0.386. The van der Waals surface area contributed by atoms with Crippen LogP contribution in [0.15, 0.2) is 12.4 Å². The van der Waals surface area contributed by atoms with E-state index in [1.54, 1.807) is 13.2 Å². The Kier molecular flexibility index (Phi) is 2.01. The highest BCUT2D eigenvalue weighted by atomic mass is 15.4. The largest absolute Gasteiger partial charge is 0.381 e. The highest BCUT2D eigenvalue weighted by molar-refractivity contribution is 5.53. The minimum Gasteiger partial charge on any atom is -0.381 e. The van der Waals surface area contributed by atoms with Crippen LogP contribution < -0.4 is 16.6 Å². The molecular formula is C5H9N5. The molecule has 0 amide bonds. The zero-order valence-electron chi connectivity index (χ0n) is 5.63. The van der Waals surface area contributed by atoms with Gasteiger partial charge in [-0.05, 0) is 0 Å². The average molecular weight is 139 g/mol. The summed E-state index contributed by atoms with van der Waals surface area (Å²) < 4.78 is 0. The first-order valence-electron chi connectivity index (χ1n) is 2.84. The van der Waals surface area contributed by atoms with Gasteiger partial charge in [-0.15, -0.1) is 0 Å². The monoisotopic (exact) mass is 139 g/mol. The van der Waals surface area contributed by atoms with Crippen LogP contribution in [-0.2, 0) is 0 Å². The summed E-state index contributed by atoms with van der Waals surface area (Å²) >= 11 is 0. The zero-order chi connectivity index (χ0) is 7.40. The van der Waals surface area contributed by atoms with Crippen molar-refractivity contribution in [3.8, 4) is 0 Å². The fraction of sp³-hybridized carbons (Fsp3) is 0.200. The smallest absolute Gasteiger partial charge is 0.183 e. The van der Waals surface area contributed by atoms with Gasteiger partial charge in [-0.1, -0.05) is 0 Å². The number of nitrogens with one attached hydrogen (secondary N) is 2. The van der Waals surface area contributed by atoms with E-state index in [0.29, 0.717) is 11.6 Å². The SMILES string of the molecule is CNNc1nccnc1N. The van der Waals surface area contributed by atoms with Gasteiger partial charge in [-0.3, -0.25) is 0 Å². The van der Waals surface area contributed by atoms with Gasteiger partial charge in [0, 0.05) is 19.4 Å². The summed E-state index contributed by atoms with van der Waals surface area (Å²) in [5.41, 5.74) is 10.9. The van der Waals surface area contributed by atoms with Gasteiger partial charge in [0.15, 0.2) is 11.6 Å². The number of hydrogen-bond acceptors (Lipinski definition) is 5.